The number of carbonyl (C=O) groups excluding carboxylic acids is 1. The maximum absolute atomic E-state index is 11.6. The van der Waals surface area contributed by atoms with E-state index in [0.29, 0.717) is 17.4 Å². The minimum absolute atomic E-state index is 0.167. The quantitative estimate of drug-likeness (QED) is 0.785. The van der Waals surface area contributed by atoms with Gasteiger partial charge >= 0.3 is 0 Å². The summed E-state index contributed by atoms with van der Waals surface area (Å²) >= 11 is 0. The highest BCUT2D eigenvalue weighted by molar-refractivity contribution is 5.97. The Morgan fingerprint density at radius 3 is 2.88 bits per heavy atom. The first-order valence-electron chi connectivity index (χ1n) is 8.28. The van der Waals surface area contributed by atoms with Crippen LogP contribution in [-0.2, 0) is 12.8 Å². The van der Waals surface area contributed by atoms with E-state index in [1.165, 1.54) is 11.1 Å². The minimum Gasteiger partial charge on any atom is -0.367 e. The topological polar surface area (TPSA) is 92.9 Å². The van der Waals surface area contributed by atoms with Gasteiger partial charge in [0.1, 0.15) is 11.6 Å². The fourth-order valence-electron chi connectivity index (χ4n) is 3.03. The van der Waals surface area contributed by atoms with Crippen molar-refractivity contribution in [2.45, 2.75) is 45.2 Å². The minimum atomic E-state index is -0.476. The number of hydrogen-bond donors (Lipinski definition) is 3. The molecule has 0 fully saturated rings. The monoisotopic (exact) mass is 325 g/mol. The van der Waals surface area contributed by atoms with Crippen molar-refractivity contribution in [1.29, 1.82) is 0 Å². The van der Waals surface area contributed by atoms with Gasteiger partial charge in [0.25, 0.3) is 5.91 Å². The first kappa shape index (κ1) is 16.2. The highest BCUT2D eigenvalue weighted by Gasteiger charge is 2.19. The van der Waals surface area contributed by atoms with Gasteiger partial charge in [0, 0.05) is 24.5 Å². The van der Waals surface area contributed by atoms with E-state index in [1.807, 2.05) is 32.3 Å². The molecule has 4 N–H and O–H groups in total. The molecule has 0 bridgehead atoms. The Kier molecular flexibility index (Phi) is 4.64. The summed E-state index contributed by atoms with van der Waals surface area (Å²) in [5, 5.41) is 6.67. The molecule has 6 heteroatoms. The fourth-order valence-corrected chi connectivity index (χ4v) is 3.03. The van der Waals surface area contributed by atoms with E-state index >= 15 is 0 Å². The van der Waals surface area contributed by atoms with Crippen molar-refractivity contribution in [3.63, 3.8) is 0 Å². The average Bonchev–Trinajstić information content (AvgIpc) is 2.54. The highest BCUT2D eigenvalue weighted by atomic mass is 16.1. The van der Waals surface area contributed by atoms with Gasteiger partial charge in [0.05, 0.1) is 5.56 Å². The zero-order valence-corrected chi connectivity index (χ0v) is 14.0. The van der Waals surface area contributed by atoms with E-state index < -0.39 is 5.91 Å². The summed E-state index contributed by atoms with van der Waals surface area (Å²) in [7, 11) is 0. The molecule has 2 aromatic heterocycles. The number of aromatic nitrogens is 2. The number of fused-ring (bicyclic) bond motifs is 1. The molecule has 0 saturated carbocycles. The van der Waals surface area contributed by atoms with Gasteiger partial charge in [-0.05, 0) is 62.4 Å². The molecule has 1 aliphatic rings. The van der Waals surface area contributed by atoms with Crippen LogP contribution in [0, 0.1) is 0 Å². The van der Waals surface area contributed by atoms with Crippen molar-refractivity contribution in [2.24, 2.45) is 5.73 Å². The van der Waals surface area contributed by atoms with Gasteiger partial charge in [-0.25, -0.2) is 4.98 Å². The van der Waals surface area contributed by atoms with Crippen LogP contribution in [0.3, 0.4) is 0 Å². The normalized spacial score (nSPS) is 16.5. The average molecular weight is 325 g/mol. The Bertz CT molecular complexity index is 744. The van der Waals surface area contributed by atoms with Crippen LogP contribution in [0.5, 0.6) is 0 Å². The second kappa shape index (κ2) is 6.86. The molecular weight excluding hydrogens is 302 g/mol. The number of aryl methyl sites for hydroxylation is 1. The van der Waals surface area contributed by atoms with E-state index in [9.17, 15) is 4.79 Å². The molecule has 2 aromatic rings. The number of hydrogen-bond acceptors (Lipinski definition) is 5. The Morgan fingerprint density at radius 1 is 1.29 bits per heavy atom. The zero-order chi connectivity index (χ0) is 17.1. The molecule has 126 valence electrons. The Morgan fingerprint density at radius 2 is 2.12 bits per heavy atom. The van der Waals surface area contributed by atoms with Gasteiger partial charge in [0.15, 0.2) is 0 Å². The van der Waals surface area contributed by atoms with Crippen LogP contribution >= 0.6 is 0 Å². The SMILES string of the molecule is CC(C)Nc1nc(N[C@@H]2CCc3cnccc3C2)ccc1C(N)=O. The summed E-state index contributed by atoms with van der Waals surface area (Å²) in [6.07, 6.45) is 6.79. The number of nitrogens with two attached hydrogens (primary N) is 1. The number of anilines is 2. The maximum atomic E-state index is 11.6. The number of nitrogens with zero attached hydrogens (tertiary/aromatic N) is 2. The summed E-state index contributed by atoms with van der Waals surface area (Å²) in [5.41, 5.74) is 8.51. The molecule has 24 heavy (non-hydrogen) atoms. The molecule has 2 heterocycles. The standard InChI is InChI=1S/C18H23N5O/c1-11(2)21-18-15(17(19)24)5-6-16(23-18)22-14-4-3-13-10-20-8-7-12(13)9-14/h5-8,10-11,14H,3-4,9H2,1-2H3,(H2,19,24)(H2,21,22,23)/t14-/m1/s1. The molecule has 0 aromatic carbocycles. The molecule has 0 unspecified atom stereocenters. The lowest BCUT2D eigenvalue weighted by Crippen LogP contribution is -2.28. The lowest BCUT2D eigenvalue weighted by atomic mass is 9.90. The van der Waals surface area contributed by atoms with Crippen molar-refractivity contribution in [3.05, 3.63) is 47.3 Å². The van der Waals surface area contributed by atoms with E-state index in [2.05, 4.69) is 26.7 Å². The number of nitrogens with one attached hydrogen (secondary N) is 2. The van der Waals surface area contributed by atoms with Crippen molar-refractivity contribution in [1.82, 2.24) is 9.97 Å². The lowest BCUT2D eigenvalue weighted by Gasteiger charge is -2.26. The van der Waals surface area contributed by atoms with Gasteiger partial charge in [-0.15, -0.1) is 0 Å². The summed E-state index contributed by atoms with van der Waals surface area (Å²) in [5.74, 6) is 0.810. The van der Waals surface area contributed by atoms with Gasteiger partial charge in [0.2, 0.25) is 0 Å². The van der Waals surface area contributed by atoms with Gasteiger partial charge in [-0.3, -0.25) is 9.78 Å². The molecule has 0 aliphatic heterocycles. The zero-order valence-electron chi connectivity index (χ0n) is 14.0. The molecule has 0 spiro atoms. The molecule has 0 saturated heterocycles. The number of pyridine rings is 2. The van der Waals surface area contributed by atoms with Crippen LogP contribution in [0.1, 0.15) is 41.8 Å². The third kappa shape index (κ3) is 3.64. The predicted molar refractivity (Wildman–Crippen MR) is 95.2 cm³/mol. The molecule has 3 rings (SSSR count). The Hall–Kier alpha value is -2.63. The first-order valence-corrected chi connectivity index (χ1v) is 8.28. The molecule has 6 nitrogen and oxygen atoms in total. The Balaban J connectivity index is 1.77. The summed E-state index contributed by atoms with van der Waals surface area (Å²) in [6, 6.07) is 6.11. The molecular formula is C18H23N5O. The van der Waals surface area contributed by atoms with E-state index in [0.717, 1.165) is 25.1 Å². The van der Waals surface area contributed by atoms with Gasteiger partial charge in [-0.2, -0.15) is 0 Å². The van der Waals surface area contributed by atoms with Gasteiger partial charge in [-0.1, -0.05) is 0 Å². The third-order valence-corrected chi connectivity index (χ3v) is 4.17. The van der Waals surface area contributed by atoms with Crippen LogP contribution in [0.15, 0.2) is 30.6 Å². The summed E-state index contributed by atoms with van der Waals surface area (Å²) < 4.78 is 0. The lowest BCUT2D eigenvalue weighted by molar-refractivity contribution is 0.100. The summed E-state index contributed by atoms with van der Waals surface area (Å²) in [6.45, 7) is 4.00. The van der Waals surface area contributed by atoms with Crippen LogP contribution in [0.4, 0.5) is 11.6 Å². The van der Waals surface area contributed by atoms with Crippen molar-refractivity contribution >= 4 is 17.5 Å². The number of rotatable bonds is 5. The van der Waals surface area contributed by atoms with Crippen LogP contribution in [-0.4, -0.2) is 28.0 Å². The molecule has 1 atom stereocenters. The van der Waals surface area contributed by atoms with Crippen LogP contribution in [0.25, 0.3) is 0 Å². The second-order valence-electron chi connectivity index (χ2n) is 6.48. The van der Waals surface area contributed by atoms with Crippen molar-refractivity contribution in [3.8, 4) is 0 Å². The number of primary amides is 1. The van der Waals surface area contributed by atoms with E-state index in [-0.39, 0.29) is 6.04 Å². The second-order valence-corrected chi connectivity index (χ2v) is 6.48. The largest absolute Gasteiger partial charge is 0.367 e. The van der Waals surface area contributed by atoms with Gasteiger partial charge < -0.3 is 16.4 Å². The number of amides is 1. The fraction of sp³-hybridized carbons (Fsp3) is 0.389. The van der Waals surface area contributed by atoms with E-state index in [1.54, 1.807) is 6.07 Å². The highest BCUT2D eigenvalue weighted by Crippen LogP contribution is 2.24. The summed E-state index contributed by atoms with van der Waals surface area (Å²) in [4.78, 5) is 20.3. The maximum Gasteiger partial charge on any atom is 0.252 e. The van der Waals surface area contributed by atoms with Crippen molar-refractivity contribution in [2.75, 3.05) is 10.6 Å². The first-order chi connectivity index (χ1) is 11.5. The van der Waals surface area contributed by atoms with Crippen LogP contribution in [0.2, 0.25) is 0 Å². The molecule has 0 radical (unpaired) electrons. The van der Waals surface area contributed by atoms with Crippen LogP contribution < -0.4 is 16.4 Å². The Labute approximate surface area is 141 Å². The smallest absolute Gasteiger partial charge is 0.252 e. The number of carbonyl (C=O) groups is 1. The van der Waals surface area contributed by atoms with E-state index in [4.69, 9.17) is 5.73 Å². The van der Waals surface area contributed by atoms with Crippen molar-refractivity contribution < 1.29 is 4.79 Å². The third-order valence-electron chi connectivity index (χ3n) is 4.17. The molecule has 1 amide bonds. The predicted octanol–water partition coefficient (Wildman–Crippen LogP) is 2.37. The molecule has 1 aliphatic carbocycles.